The molecule has 0 spiro atoms. The summed E-state index contributed by atoms with van der Waals surface area (Å²) in [7, 11) is -1.04. The Kier molecular flexibility index (Phi) is 6.15. The molecule has 7 nitrogen and oxygen atoms in total. The van der Waals surface area contributed by atoms with Crippen molar-refractivity contribution in [2.45, 2.75) is 11.8 Å². The average Bonchev–Trinajstić information content (AvgIpc) is 2.98. The van der Waals surface area contributed by atoms with Crippen molar-refractivity contribution in [3.63, 3.8) is 0 Å². The second-order valence-corrected chi connectivity index (χ2v) is 8.31. The van der Waals surface area contributed by atoms with Crippen LogP contribution in [0.1, 0.15) is 27.2 Å². The zero-order chi connectivity index (χ0) is 21.9. The highest BCUT2D eigenvalue weighted by molar-refractivity contribution is 7.92. The highest BCUT2D eigenvalue weighted by Crippen LogP contribution is 2.26. The maximum absolute atomic E-state index is 12.7. The van der Waals surface area contributed by atoms with E-state index >= 15 is 0 Å². The number of carbonyl (C=O) groups excluding carboxylic acids is 1. The maximum atomic E-state index is 12.7. The first-order chi connectivity index (χ1) is 14.2. The number of nitrogens with one attached hydrogen (secondary N) is 1. The second kappa shape index (κ2) is 8.61. The molecule has 2 aromatic carbocycles. The Bertz CT molecular complexity index is 1290. The number of benzene rings is 2. The van der Waals surface area contributed by atoms with Crippen molar-refractivity contribution in [3.8, 4) is 11.8 Å². The van der Waals surface area contributed by atoms with Gasteiger partial charge in [0, 0.05) is 18.2 Å². The van der Waals surface area contributed by atoms with Gasteiger partial charge in [-0.05, 0) is 43.3 Å². The van der Waals surface area contributed by atoms with E-state index in [0.29, 0.717) is 28.1 Å². The maximum Gasteiger partial charge on any atom is 0.337 e. The minimum absolute atomic E-state index is 0.0291. The van der Waals surface area contributed by atoms with Gasteiger partial charge >= 0.3 is 5.97 Å². The van der Waals surface area contributed by atoms with Gasteiger partial charge in [-0.15, -0.1) is 0 Å². The highest BCUT2D eigenvalue weighted by Gasteiger charge is 2.25. The van der Waals surface area contributed by atoms with Crippen LogP contribution in [0.3, 0.4) is 0 Å². The summed E-state index contributed by atoms with van der Waals surface area (Å²) in [6.07, 6.45) is 0. The van der Waals surface area contributed by atoms with Gasteiger partial charge in [0.25, 0.3) is 10.0 Å². The third-order valence-corrected chi connectivity index (χ3v) is 6.19. The van der Waals surface area contributed by atoms with E-state index in [0.717, 1.165) is 0 Å². The summed E-state index contributed by atoms with van der Waals surface area (Å²) in [6, 6.07) is 13.4. The molecule has 0 bridgehead atoms. The minimum atomic E-state index is -3.92. The van der Waals surface area contributed by atoms with Crippen LogP contribution < -0.4 is 4.72 Å². The number of hydrogen-bond donors (Lipinski definition) is 1. The summed E-state index contributed by atoms with van der Waals surface area (Å²) in [5.41, 5.74) is 2.25. The quantitative estimate of drug-likeness (QED) is 0.493. The monoisotopic (exact) mass is 443 g/mol. The molecule has 3 rings (SSSR count). The molecule has 0 saturated carbocycles. The molecule has 0 saturated heterocycles. The number of hydrogen-bond acceptors (Lipinski definition) is 5. The lowest BCUT2D eigenvalue weighted by molar-refractivity contribution is 0.0600. The Morgan fingerprint density at radius 3 is 2.37 bits per heavy atom. The number of rotatable bonds is 4. The van der Waals surface area contributed by atoms with Crippen molar-refractivity contribution in [2.75, 3.05) is 11.8 Å². The Balaban J connectivity index is 1.86. The Morgan fingerprint density at radius 2 is 1.77 bits per heavy atom. The van der Waals surface area contributed by atoms with Gasteiger partial charge < -0.3 is 4.74 Å². The molecule has 0 unspecified atom stereocenters. The van der Waals surface area contributed by atoms with E-state index in [1.807, 2.05) is 0 Å². The van der Waals surface area contributed by atoms with Crippen molar-refractivity contribution in [1.29, 1.82) is 0 Å². The molecule has 0 atom stereocenters. The van der Waals surface area contributed by atoms with Crippen LogP contribution in [0.5, 0.6) is 0 Å². The van der Waals surface area contributed by atoms with Crippen LogP contribution in [0.15, 0.2) is 53.4 Å². The standard InChI is InChI=1S/C21H18ClN3O4S/c1-14-19(20(22)25(2)23-14)30(27,28)24-18-9-5-7-16(13-18)11-10-15-6-4-8-17(12-15)21(26)29-3/h4-9,12-13,24H,1-3H3. The number of anilines is 1. The van der Waals surface area contributed by atoms with Crippen LogP contribution in [0.25, 0.3) is 0 Å². The molecule has 1 N–H and O–H groups in total. The van der Waals surface area contributed by atoms with Crippen LogP contribution in [0, 0.1) is 18.8 Å². The Labute approximate surface area is 179 Å². The number of aromatic nitrogens is 2. The summed E-state index contributed by atoms with van der Waals surface area (Å²) in [4.78, 5) is 11.6. The van der Waals surface area contributed by atoms with Crippen molar-refractivity contribution in [3.05, 3.63) is 76.1 Å². The van der Waals surface area contributed by atoms with E-state index in [2.05, 4.69) is 21.7 Å². The largest absolute Gasteiger partial charge is 0.465 e. The van der Waals surface area contributed by atoms with Crippen molar-refractivity contribution < 1.29 is 17.9 Å². The third-order valence-electron chi connectivity index (χ3n) is 4.12. The number of sulfonamides is 1. The lowest BCUT2D eigenvalue weighted by atomic mass is 10.1. The van der Waals surface area contributed by atoms with Crippen LogP contribution >= 0.6 is 11.6 Å². The lowest BCUT2D eigenvalue weighted by Gasteiger charge is -2.08. The van der Waals surface area contributed by atoms with E-state index < -0.39 is 16.0 Å². The molecule has 1 heterocycles. The Hall–Kier alpha value is -3.28. The van der Waals surface area contributed by atoms with Crippen LogP contribution in [0.4, 0.5) is 5.69 Å². The molecule has 0 amide bonds. The molecule has 30 heavy (non-hydrogen) atoms. The minimum Gasteiger partial charge on any atom is -0.465 e. The topological polar surface area (TPSA) is 90.3 Å². The van der Waals surface area contributed by atoms with Gasteiger partial charge in [0.2, 0.25) is 0 Å². The normalized spacial score (nSPS) is 10.8. The van der Waals surface area contributed by atoms with Crippen LogP contribution in [0.2, 0.25) is 5.15 Å². The van der Waals surface area contributed by atoms with E-state index in [-0.39, 0.29) is 10.0 Å². The number of ether oxygens (including phenoxy) is 1. The first kappa shape index (κ1) is 21.4. The van der Waals surface area contributed by atoms with Crippen molar-refractivity contribution >= 4 is 33.3 Å². The summed E-state index contributed by atoms with van der Waals surface area (Å²) in [6.45, 7) is 1.57. The zero-order valence-corrected chi connectivity index (χ0v) is 18.0. The number of halogens is 1. The number of methoxy groups -OCH3 is 1. The molecule has 0 aliphatic carbocycles. The molecule has 0 radical (unpaired) electrons. The fraction of sp³-hybridized carbons (Fsp3) is 0.143. The Morgan fingerprint density at radius 1 is 1.13 bits per heavy atom. The van der Waals surface area contributed by atoms with E-state index in [4.69, 9.17) is 16.3 Å². The van der Waals surface area contributed by atoms with Gasteiger partial charge in [-0.25, -0.2) is 13.2 Å². The van der Waals surface area contributed by atoms with Gasteiger partial charge in [0.05, 0.1) is 24.1 Å². The summed E-state index contributed by atoms with van der Waals surface area (Å²) in [5.74, 6) is 5.47. The van der Waals surface area contributed by atoms with E-state index in [9.17, 15) is 13.2 Å². The third kappa shape index (κ3) is 4.64. The molecule has 3 aromatic rings. The summed E-state index contributed by atoms with van der Waals surface area (Å²) >= 11 is 6.09. The molecule has 0 aliphatic rings. The van der Waals surface area contributed by atoms with Crippen molar-refractivity contribution in [2.24, 2.45) is 7.05 Å². The molecular weight excluding hydrogens is 426 g/mol. The van der Waals surface area contributed by atoms with Gasteiger partial charge in [0.1, 0.15) is 10.0 Å². The first-order valence-electron chi connectivity index (χ1n) is 8.73. The van der Waals surface area contributed by atoms with E-state index in [1.54, 1.807) is 62.5 Å². The molecule has 0 aliphatic heterocycles. The zero-order valence-electron chi connectivity index (χ0n) is 16.4. The molecule has 9 heteroatoms. The fourth-order valence-electron chi connectivity index (χ4n) is 2.77. The van der Waals surface area contributed by atoms with Crippen molar-refractivity contribution in [1.82, 2.24) is 9.78 Å². The van der Waals surface area contributed by atoms with Gasteiger partial charge in [-0.3, -0.25) is 9.40 Å². The number of esters is 1. The number of aryl methyl sites for hydroxylation is 2. The van der Waals surface area contributed by atoms with Gasteiger partial charge in [-0.1, -0.05) is 35.6 Å². The molecular formula is C21H18ClN3O4S. The number of nitrogens with zero attached hydrogens (tertiary/aromatic N) is 2. The second-order valence-electron chi connectivity index (χ2n) is 6.34. The predicted molar refractivity (Wildman–Crippen MR) is 114 cm³/mol. The van der Waals surface area contributed by atoms with Gasteiger partial charge in [-0.2, -0.15) is 5.10 Å². The van der Waals surface area contributed by atoms with Gasteiger partial charge in [0.15, 0.2) is 0 Å². The van der Waals surface area contributed by atoms with Crippen LogP contribution in [-0.4, -0.2) is 31.3 Å². The SMILES string of the molecule is COC(=O)c1cccc(C#Cc2cccc(NS(=O)(=O)c3c(C)nn(C)c3Cl)c2)c1. The predicted octanol–water partition coefficient (Wildman–Crippen LogP) is 3.37. The molecule has 1 aromatic heterocycles. The first-order valence-corrected chi connectivity index (χ1v) is 10.6. The lowest BCUT2D eigenvalue weighted by Crippen LogP contribution is -2.14. The smallest absolute Gasteiger partial charge is 0.337 e. The van der Waals surface area contributed by atoms with E-state index in [1.165, 1.54) is 11.8 Å². The summed E-state index contributed by atoms with van der Waals surface area (Å²) in [5, 5.41) is 4.06. The molecule has 0 fully saturated rings. The average molecular weight is 444 g/mol. The highest BCUT2D eigenvalue weighted by atomic mass is 35.5. The fourth-order valence-corrected chi connectivity index (χ4v) is 4.57. The number of carbonyl (C=O) groups is 1. The molecule has 154 valence electrons. The summed E-state index contributed by atoms with van der Waals surface area (Å²) < 4.78 is 34.0. The van der Waals surface area contributed by atoms with Crippen LogP contribution in [-0.2, 0) is 21.8 Å².